The third-order valence-corrected chi connectivity index (χ3v) is 6.88. The van der Waals surface area contributed by atoms with Crippen LogP contribution in [0.4, 0.5) is 0 Å². The van der Waals surface area contributed by atoms with Crippen LogP contribution in [0.1, 0.15) is 43.2 Å². The van der Waals surface area contributed by atoms with Crippen LogP contribution < -0.4 is 5.73 Å². The molecule has 0 saturated carbocycles. The molecule has 1 unspecified atom stereocenters. The average Bonchev–Trinajstić information content (AvgIpc) is 2.55. The first-order valence-corrected chi connectivity index (χ1v) is 9.87. The summed E-state index contributed by atoms with van der Waals surface area (Å²) in [7, 11) is -3.35. The van der Waals surface area contributed by atoms with Gasteiger partial charge in [-0.15, -0.1) is 0 Å². The highest BCUT2D eigenvalue weighted by Gasteiger charge is 2.30. The largest absolute Gasteiger partial charge is 0.330 e. The third-order valence-electron chi connectivity index (χ3n) is 5.01. The smallest absolute Gasteiger partial charge is 0.243 e. The molecule has 1 aliphatic carbocycles. The van der Waals surface area contributed by atoms with E-state index >= 15 is 0 Å². The van der Waals surface area contributed by atoms with Gasteiger partial charge in [-0.05, 0) is 80.7 Å². The van der Waals surface area contributed by atoms with Gasteiger partial charge in [0.05, 0.1) is 4.90 Å². The Morgan fingerprint density at radius 1 is 1.14 bits per heavy atom. The van der Waals surface area contributed by atoms with Gasteiger partial charge in [0.1, 0.15) is 0 Å². The first-order valence-electron chi connectivity index (χ1n) is 8.43. The Morgan fingerprint density at radius 2 is 1.91 bits per heavy atom. The van der Waals surface area contributed by atoms with Crippen LogP contribution in [0.25, 0.3) is 0 Å². The fourth-order valence-electron chi connectivity index (χ4n) is 3.74. The number of rotatable bonds is 4. The minimum atomic E-state index is -3.35. The molecule has 0 spiro atoms. The van der Waals surface area contributed by atoms with E-state index in [1.165, 1.54) is 24.0 Å². The first kappa shape index (κ1) is 16.0. The van der Waals surface area contributed by atoms with Crippen molar-refractivity contribution in [3.63, 3.8) is 0 Å². The van der Waals surface area contributed by atoms with Crippen molar-refractivity contribution in [3.05, 3.63) is 29.3 Å². The minimum absolute atomic E-state index is 0.408. The van der Waals surface area contributed by atoms with Gasteiger partial charge in [0.2, 0.25) is 10.0 Å². The third kappa shape index (κ3) is 3.21. The van der Waals surface area contributed by atoms with Crippen LogP contribution in [0.2, 0.25) is 0 Å². The number of piperidine rings is 1. The molecular formula is C17H26N2O2S. The lowest BCUT2D eigenvalue weighted by molar-refractivity contribution is 0.258. The molecule has 4 nitrogen and oxygen atoms in total. The zero-order valence-electron chi connectivity index (χ0n) is 13.1. The summed E-state index contributed by atoms with van der Waals surface area (Å²) in [4.78, 5) is 0.474. The Labute approximate surface area is 133 Å². The van der Waals surface area contributed by atoms with E-state index in [2.05, 4.69) is 0 Å². The molecule has 1 fully saturated rings. The van der Waals surface area contributed by atoms with Crippen molar-refractivity contribution in [2.45, 2.75) is 49.8 Å². The van der Waals surface area contributed by atoms with Gasteiger partial charge >= 0.3 is 0 Å². The molecule has 1 aromatic rings. The summed E-state index contributed by atoms with van der Waals surface area (Å²) in [6.07, 6.45) is 7.41. The van der Waals surface area contributed by atoms with Crippen LogP contribution in [0.5, 0.6) is 0 Å². The summed E-state index contributed by atoms with van der Waals surface area (Å²) in [6.45, 7) is 1.90. The number of hydrogen-bond donors (Lipinski definition) is 1. The highest BCUT2D eigenvalue weighted by atomic mass is 32.2. The summed E-state index contributed by atoms with van der Waals surface area (Å²) in [5.41, 5.74) is 8.18. The Morgan fingerprint density at radius 3 is 2.68 bits per heavy atom. The first-order chi connectivity index (χ1) is 10.6. The van der Waals surface area contributed by atoms with Gasteiger partial charge < -0.3 is 5.73 Å². The molecule has 3 rings (SSSR count). The summed E-state index contributed by atoms with van der Waals surface area (Å²) in [5, 5.41) is 0. The topological polar surface area (TPSA) is 63.4 Å². The van der Waals surface area contributed by atoms with E-state index in [9.17, 15) is 8.42 Å². The van der Waals surface area contributed by atoms with E-state index in [1.807, 2.05) is 12.1 Å². The van der Waals surface area contributed by atoms with Crippen molar-refractivity contribution < 1.29 is 8.42 Å². The quantitative estimate of drug-likeness (QED) is 0.925. The predicted octanol–water partition coefficient (Wildman–Crippen LogP) is 2.31. The van der Waals surface area contributed by atoms with Crippen molar-refractivity contribution in [3.8, 4) is 0 Å². The molecule has 5 heteroatoms. The molecular weight excluding hydrogens is 296 g/mol. The Kier molecular flexibility index (Phi) is 4.85. The summed E-state index contributed by atoms with van der Waals surface area (Å²) < 4.78 is 27.5. The molecule has 0 amide bonds. The van der Waals surface area contributed by atoms with Gasteiger partial charge in [-0.2, -0.15) is 4.31 Å². The van der Waals surface area contributed by atoms with Gasteiger partial charge in [-0.3, -0.25) is 0 Å². The standard InChI is InChI=1S/C17H26N2O2S/c18-10-9-14-4-3-11-19(13-14)22(20,21)17-8-7-15-5-1-2-6-16(15)12-17/h7-8,12,14H,1-6,9-11,13,18H2. The molecule has 0 aromatic heterocycles. The number of sulfonamides is 1. The maximum atomic E-state index is 12.9. The zero-order chi connectivity index (χ0) is 15.6. The van der Waals surface area contributed by atoms with Gasteiger partial charge in [-0.1, -0.05) is 6.07 Å². The number of benzene rings is 1. The highest BCUT2D eigenvalue weighted by Crippen LogP contribution is 2.28. The number of aryl methyl sites for hydroxylation is 2. The highest BCUT2D eigenvalue weighted by molar-refractivity contribution is 7.89. The summed E-state index contributed by atoms with van der Waals surface area (Å²) in [5.74, 6) is 0.408. The lowest BCUT2D eigenvalue weighted by Crippen LogP contribution is -2.40. The lowest BCUT2D eigenvalue weighted by Gasteiger charge is -2.32. The molecule has 1 aliphatic heterocycles. The second-order valence-corrected chi connectivity index (χ2v) is 8.52. The molecule has 22 heavy (non-hydrogen) atoms. The molecule has 122 valence electrons. The Bertz CT molecular complexity index is 626. The molecule has 1 heterocycles. The number of nitrogens with two attached hydrogens (primary N) is 1. The van der Waals surface area contributed by atoms with Gasteiger partial charge in [0.15, 0.2) is 0 Å². The molecule has 2 N–H and O–H groups in total. The zero-order valence-corrected chi connectivity index (χ0v) is 13.9. The Balaban J connectivity index is 1.83. The van der Waals surface area contributed by atoms with Crippen LogP contribution in [-0.2, 0) is 22.9 Å². The van der Waals surface area contributed by atoms with Gasteiger partial charge in [0.25, 0.3) is 0 Å². The van der Waals surface area contributed by atoms with E-state index in [0.717, 1.165) is 32.1 Å². The van der Waals surface area contributed by atoms with E-state index < -0.39 is 10.0 Å². The normalized spacial score (nSPS) is 23.2. The Hall–Kier alpha value is -0.910. The molecule has 0 bridgehead atoms. The van der Waals surface area contributed by atoms with E-state index in [1.54, 1.807) is 10.4 Å². The summed E-state index contributed by atoms with van der Waals surface area (Å²) in [6, 6.07) is 5.73. The van der Waals surface area contributed by atoms with Crippen LogP contribution in [0.3, 0.4) is 0 Å². The van der Waals surface area contributed by atoms with Crippen molar-refractivity contribution in [1.82, 2.24) is 4.31 Å². The molecule has 1 atom stereocenters. The van der Waals surface area contributed by atoms with Crippen LogP contribution >= 0.6 is 0 Å². The second-order valence-electron chi connectivity index (χ2n) is 6.59. The molecule has 0 radical (unpaired) electrons. The van der Waals surface area contributed by atoms with E-state index in [-0.39, 0.29) is 0 Å². The molecule has 1 aromatic carbocycles. The number of hydrogen-bond acceptors (Lipinski definition) is 3. The SMILES string of the molecule is NCCC1CCCN(S(=O)(=O)c2ccc3c(c2)CCCC3)C1. The monoisotopic (exact) mass is 322 g/mol. The second kappa shape index (κ2) is 6.69. The fraction of sp³-hybridized carbons (Fsp3) is 0.647. The van der Waals surface area contributed by atoms with Crippen molar-refractivity contribution in [2.24, 2.45) is 11.7 Å². The van der Waals surface area contributed by atoms with Crippen LogP contribution in [-0.4, -0.2) is 32.4 Å². The maximum Gasteiger partial charge on any atom is 0.243 e. The fourth-order valence-corrected chi connectivity index (χ4v) is 5.34. The number of nitrogens with zero attached hydrogens (tertiary/aromatic N) is 1. The van der Waals surface area contributed by atoms with Crippen LogP contribution in [0.15, 0.2) is 23.1 Å². The van der Waals surface area contributed by atoms with Crippen molar-refractivity contribution in [1.29, 1.82) is 0 Å². The summed E-state index contributed by atoms with van der Waals surface area (Å²) >= 11 is 0. The molecule has 1 saturated heterocycles. The maximum absolute atomic E-state index is 12.9. The predicted molar refractivity (Wildman–Crippen MR) is 88.2 cm³/mol. The van der Waals surface area contributed by atoms with Crippen molar-refractivity contribution in [2.75, 3.05) is 19.6 Å². The van der Waals surface area contributed by atoms with Crippen LogP contribution in [0, 0.1) is 5.92 Å². The number of fused-ring (bicyclic) bond motifs is 1. The van der Waals surface area contributed by atoms with Crippen molar-refractivity contribution >= 4 is 10.0 Å². The molecule has 2 aliphatic rings. The minimum Gasteiger partial charge on any atom is -0.330 e. The van der Waals surface area contributed by atoms with Gasteiger partial charge in [0, 0.05) is 13.1 Å². The van der Waals surface area contributed by atoms with E-state index in [0.29, 0.717) is 30.4 Å². The van der Waals surface area contributed by atoms with Gasteiger partial charge in [-0.25, -0.2) is 8.42 Å². The average molecular weight is 322 g/mol. The lowest BCUT2D eigenvalue weighted by atomic mass is 9.92. The van der Waals surface area contributed by atoms with E-state index in [4.69, 9.17) is 5.73 Å².